The zero-order valence-electron chi connectivity index (χ0n) is 7.85. The summed E-state index contributed by atoms with van der Waals surface area (Å²) in [5.41, 5.74) is -0.835. The second kappa shape index (κ2) is 2.18. The monoisotopic (exact) mass is 180 g/mol. The van der Waals surface area contributed by atoms with E-state index in [2.05, 4.69) is 12.2 Å². The molecule has 0 radical (unpaired) electrons. The second-order valence-corrected chi connectivity index (χ2v) is 5.20. The van der Waals surface area contributed by atoms with Crippen LogP contribution in [-0.4, -0.2) is 21.9 Å². The van der Waals surface area contributed by atoms with E-state index in [0.29, 0.717) is 23.7 Å². The Morgan fingerprint density at radius 2 is 2.00 bits per heavy atom. The predicted octanol–water partition coefficient (Wildman–Crippen LogP) is 0.940. The Hall–Kier alpha value is -0.340. The molecule has 0 aromatic carbocycles. The van der Waals surface area contributed by atoms with Gasteiger partial charge in [-0.05, 0) is 43.4 Å². The third-order valence-electron chi connectivity index (χ3n) is 4.34. The Labute approximate surface area is 78.3 Å². The molecule has 72 valence electrons. The number of allylic oxidation sites excluding steroid dienone is 2. The Kier molecular flexibility index (Phi) is 1.34. The number of hydrogen-bond acceptors (Lipinski definition) is 2. The quantitative estimate of drug-likeness (QED) is 0.545. The topological polar surface area (TPSA) is 40.5 Å². The summed E-state index contributed by atoms with van der Waals surface area (Å²) in [6.07, 6.45) is 6.00. The standard InChI is InChI=1S/C11H16O2/c1-11(13)5-8-6-2-3-7(4-6)9(8)10(11)12/h2-3,6-10,12-13H,4-5H2,1H3/t6?,7?,8?,9?,10-,11+/m0/s1. The van der Waals surface area contributed by atoms with Crippen molar-refractivity contribution in [1.82, 2.24) is 0 Å². The normalized spacial score (nSPS) is 63.2. The summed E-state index contributed by atoms with van der Waals surface area (Å²) in [6.45, 7) is 1.77. The van der Waals surface area contributed by atoms with Crippen molar-refractivity contribution < 1.29 is 10.2 Å². The molecule has 0 saturated heterocycles. The largest absolute Gasteiger partial charge is 0.390 e. The molecule has 4 unspecified atom stereocenters. The van der Waals surface area contributed by atoms with Gasteiger partial charge in [-0.3, -0.25) is 0 Å². The third-order valence-corrected chi connectivity index (χ3v) is 4.34. The minimum Gasteiger partial charge on any atom is -0.390 e. The van der Waals surface area contributed by atoms with Crippen molar-refractivity contribution in [2.75, 3.05) is 0 Å². The first-order valence-electron chi connectivity index (χ1n) is 5.18. The molecule has 2 bridgehead atoms. The first kappa shape index (κ1) is 8.01. The maximum Gasteiger partial charge on any atom is 0.0883 e. The molecule has 0 aliphatic heterocycles. The molecular formula is C11H16O2. The van der Waals surface area contributed by atoms with Gasteiger partial charge in [0.2, 0.25) is 0 Å². The van der Waals surface area contributed by atoms with E-state index in [-0.39, 0.29) is 0 Å². The molecule has 0 heterocycles. The van der Waals surface area contributed by atoms with Crippen LogP contribution in [0.2, 0.25) is 0 Å². The van der Waals surface area contributed by atoms with Crippen molar-refractivity contribution in [1.29, 1.82) is 0 Å². The molecule has 2 nitrogen and oxygen atoms in total. The van der Waals surface area contributed by atoms with Gasteiger partial charge < -0.3 is 10.2 Å². The van der Waals surface area contributed by atoms with Crippen LogP contribution in [0.1, 0.15) is 19.8 Å². The van der Waals surface area contributed by atoms with E-state index >= 15 is 0 Å². The van der Waals surface area contributed by atoms with Gasteiger partial charge >= 0.3 is 0 Å². The lowest BCUT2D eigenvalue weighted by Gasteiger charge is -2.26. The smallest absolute Gasteiger partial charge is 0.0883 e. The van der Waals surface area contributed by atoms with Crippen molar-refractivity contribution >= 4 is 0 Å². The van der Waals surface area contributed by atoms with Gasteiger partial charge in [0.15, 0.2) is 0 Å². The Bertz CT molecular complexity index is 269. The molecule has 0 spiro atoms. The Balaban J connectivity index is 1.96. The van der Waals surface area contributed by atoms with Crippen molar-refractivity contribution in [3.63, 3.8) is 0 Å². The van der Waals surface area contributed by atoms with E-state index in [4.69, 9.17) is 0 Å². The van der Waals surface area contributed by atoms with Crippen LogP contribution in [0.15, 0.2) is 12.2 Å². The van der Waals surface area contributed by atoms with E-state index in [1.165, 1.54) is 6.42 Å². The summed E-state index contributed by atoms with van der Waals surface area (Å²) in [5.74, 6) is 2.06. The minimum absolute atomic E-state index is 0.338. The molecule has 3 aliphatic carbocycles. The van der Waals surface area contributed by atoms with Crippen LogP contribution in [0, 0.1) is 23.7 Å². The lowest BCUT2D eigenvalue weighted by atomic mass is 9.85. The highest BCUT2D eigenvalue weighted by Gasteiger charge is 2.58. The molecule has 6 atom stereocenters. The highest BCUT2D eigenvalue weighted by molar-refractivity contribution is 5.20. The summed E-state index contributed by atoms with van der Waals surface area (Å²) < 4.78 is 0. The summed E-state index contributed by atoms with van der Waals surface area (Å²) >= 11 is 0. The highest BCUT2D eigenvalue weighted by Crippen LogP contribution is 2.57. The number of hydrogen-bond donors (Lipinski definition) is 2. The maximum absolute atomic E-state index is 9.97. The molecule has 3 aliphatic rings. The maximum atomic E-state index is 9.97. The van der Waals surface area contributed by atoms with Gasteiger partial charge in [0.05, 0.1) is 11.7 Å². The van der Waals surface area contributed by atoms with Crippen LogP contribution < -0.4 is 0 Å². The summed E-state index contributed by atoms with van der Waals surface area (Å²) in [5, 5.41) is 19.9. The molecule has 2 N–H and O–H groups in total. The number of aliphatic hydroxyl groups excluding tert-OH is 1. The van der Waals surface area contributed by atoms with Crippen LogP contribution in [0.5, 0.6) is 0 Å². The SMILES string of the molecule is C[C@@]1(O)CC2C3C=CC(C3)C2[C@@H]1O. The Morgan fingerprint density at radius 1 is 1.31 bits per heavy atom. The van der Waals surface area contributed by atoms with Gasteiger partial charge in [-0.15, -0.1) is 0 Å². The van der Waals surface area contributed by atoms with E-state index < -0.39 is 11.7 Å². The first-order valence-corrected chi connectivity index (χ1v) is 5.18. The molecule has 2 fully saturated rings. The molecule has 0 aromatic heterocycles. The molecule has 0 amide bonds. The zero-order valence-corrected chi connectivity index (χ0v) is 7.85. The number of rotatable bonds is 0. The van der Waals surface area contributed by atoms with E-state index in [1.54, 1.807) is 6.92 Å². The predicted molar refractivity (Wildman–Crippen MR) is 49.0 cm³/mol. The molecule has 13 heavy (non-hydrogen) atoms. The number of aliphatic hydroxyl groups is 2. The van der Waals surface area contributed by atoms with Crippen molar-refractivity contribution in [2.45, 2.75) is 31.5 Å². The fourth-order valence-electron chi connectivity index (χ4n) is 3.73. The molecule has 0 aromatic rings. The van der Waals surface area contributed by atoms with Crippen LogP contribution in [0.4, 0.5) is 0 Å². The van der Waals surface area contributed by atoms with Gasteiger partial charge in [-0.1, -0.05) is 12.2 Å². The van der Waals surface area contributed by atoms with Gasteiger partial charge in [-0.2, -0.15) is 0 Å². The number of fused-ring (bicyclic) bond motifs is 5. The Morgan fingerprint density at radius 3 is 2.69 bits per heavy atom. The lowest BCUT2D eigenvalue weighted by Crippen LogP contribution is -2.38. The fourth-order valence-corrected chi connectivity index (χ4v) is 3.73. The van der Waals surface area contributed by atoms with E-state index in [0.717, 1.165) is 6.42 Å². The van der Waals surface area contributed by atoms with Crippen molar-refractivity contribution in [3.8, 4) is 0 Å². The fraction of sp³-hybridized carbons (Fsp3) is 0.818. The van der Waals surface area contributed by atoms with Crippen LogP contribution in [0.3, 0.4) is 0 Å². The molecule has 2 saturated carbocycles. The van der Waals surface area contributed by atoms with Gasteiger partial charge in [-0.25, -0.2) is 0 Å². The zero-order chi connectivity index (χ0) is 9.22. The van der Waals surface area contributed by atoms with Crippen molar-refractivity contribution in [3.05, 3.63) is 12.2 Å². The average molecular weight is 180 g/mol. The van der Waals surface area contributed by atoms with Gasteiger partial charge in [0, 0.05) is 0 Å². The van der Waals surface area contributed by atoms with Gasteiger partial charge in [0.1, 0.15) is 0 Å². The molecule has 3 rings (SSSR count). The second-order valence-electron chi connectivity index (χ2n) is 5.20. The summed E-state index contributed by atoms with van der Waals surface area (Å²) in [6, 6.07) is 0. The first-order chi connectivity index (χ1) is 6.09. The third kappa shape index (κ3) is 0.856. The van der Waals surface area contributed by atoms with Crippen LogP contribution in [0.25, 0.3) is 0 Å². The highest BCUT2D eigenvalue weighted by atomic mass is 16.3. The van der Waals surface area contributed by atoms with Gasteiger partial charge in [0.25, 0.3) is 0 Å². The van der Waals surface area contributed by atoms with Crippen LogP contribution >= 0.6 is 0 Å². The minimum atomic E-state index is -0.835. The average Bonchev–Trinajstić information content (AvgIpc) is 2.65. The summed E-state index contributed by atoms with van der Waals surface area (Å²) in [4.78, 5) is 0. The molecule has 2 heteroatoms. The summed E-state index contributed by atoms with van der Waals surface area (Å²) in [7, 11) is 0. The van der Waals surface area contributed by atoms with E-state index in [9.17, 15) is 10.2 Å². The van der Waals surface area contributed by atoms with Crippen LogP contribution in [-0.2, 0) is 0 Å². The van der Waals surface area contributed by atoms with Crippen molar-refractivity contribution in [2.24, 2.45) is 23.7 Å². The lowest BCUT2D eigenvalue weighted by molar-refractivity contribution is -0.0589. The van der Waals surface area contributed by atoms with E-state index in [1.807, 2.05) is 0 Å². The molecular weight excluding hydrogens is 164 g/mol.